The van der Waals surface area contributed by atoms with Gasteiger partial charge in [0.25, 0.3) is 0 Å². The van der Waals surface area contributed by atoms with Crippen molar-refractivity contribution in [3.05, 3.63) is 53.6 Å². The molecule has 0 amide bonds. The van der Waals surface area contributed by atoms with Crippen LogP contribution >= 0.6 is 0 Å². The van der Waals surface area contributed by atoms with Crippen molar-refractivity contribution >= 4 is 0 Å². The lowest BCUT2D eigenvalue weighted by molar-refractivity contribution is 0.459. The van der Waals surface area contributed by atoms with E-state index in [1.165, 1.54) is 0 Å². The number of aromatic nitrogens is 2. The Bertz CT molecular complexity index is 485. The van der Waals surface area contributed by atoms with Crippen LogP contribution in [-0.2, 0) is 13.1 Å². The van der Waals surface area contributed by atoms with Crippen molar-refractivity contribution < 1.29 is 5.11 Å². The highest BCUT2D eigenvalue weighted by Gasteiger charge is 2.02. The van der Waals surface area contributed by atoms with Crippen LogP contribution in [0, 0.1) is 6.92 Å². The minimum absolute atomic E-state index is 0.231. The maximum Gasteiger partial charge on any atom is 0.138 e. The van der Waals surface area contributed by atoms with Gasteiger partial charge >= 0.3 is 0 Å². The predicted molar refractivity (Wildman–Crippen MR) is 65.4 cm³/mol. The summed E-state index contributed by atoms with van der Waals surface area (Å²) in [5.74, 6) is 0.231. The van der Waals surface area contributed by atoms with Gasteiger partial charge in [-0.05, 0) is 30.7 Å². The van der Waals surface area contributed by atoms with Crippen LogP contribution in [0.3, 0.4) is 0 Å². The zero-order valence-electron chi connectivity index (χ0n) is 9.72. The molecule has 0 bridgehead atoms. The zero-order valence-corrected chi connectivity index (χ0v) is 9.72. The molecule has 4 heteroatoms. The Morgan fingerprint density at radius 3 is 2.88 bits per heavy atom. The van der Waals surface area contributed by atoms with Gasteiger partial charge in [-0.1, -0.05) is 6.07 Å². The van der Waals surface area contributed by atoms with Gasteiger partial charge in [-0.3, -0.25) is 9.97 Å². The van der Waals surface area contributed by atoms with E-state index < -0.39 is 0 Å². The first kappa shape index (κ1) is 11.5. The number of rotatable bonds is 4. The lowest BCUT2D eigenvalue weighted by Gasteiger charge is -2.06. The molecule has 0 atom stereocenters. The molecule has 2 rings (SSSR count). The van der Waals surface area contributed by atoms with Gasteiger partial charge in [-0.2, -0.15) is 0 Å². The number of nitrogens with one attached hydrogen (secondary N) is 1. The lowest BCUT2D eigenvalue weighted by Crippen LogP contribution is -2.14. The van der Waals surface area contributed by atoms with Gasteiger partial charge in [-0.25, -0.2) is 0 Å². The highest BCUT2D eigenvalue weighted by molar-refractivity contribution is 5.27. The van der Waals surface area contributed by atoms with Gasteiger partial charge in [0, 0.05) is 31.2 Å². The smallest absolute Gasteiger partial charge is 0.138 e. The third-order valence-electron chi connectivity index (χ3n) is 2.43. The van der Waals surface area contributed by atoms with Crippen molar-refractivity contribution in [2.45, 2.75) is 20.0 Å². The quantitative estimate of drug-likeness (QED) is 0.839. The number of nitrogens with zero attached hydrogens (tertiary/aromatic N) is 2. The number of hydrogen-bond donors (Lipinski definition) is 2. The van der Waals surface area contributed by atoms with E-state index in [1.54, 1.807) is 18.3 Å². The van der Waals surface area contributed by atoms with Crippen LogP contribution in [0.1, 0.15) is 17.0 Å². The van der Waals surface area contributed by atoms with E-state index in [9.17, 15) is 5.11 Å². The van der Waals surface area contributed by atoms with Crippen molar-refractivity contribution in [2.24, 2.45) is 0 Å². The van der Waals surface area contributed by atoms with Gasteiger partial charge in [-0.15, -0.1) is 0 Å². The van der Waals surface area contributed by atoms with Crippen molar-refractivity contribution in [2.75, 3.05) is 0 Å². The molecule has 0 fully saturated rings. The summed E-state index contributed by atoms with van der Waals surface area (Å²) in [6, 6.07) is 7.37. The number of aromatic hydroxyl groups is 1. The molecule has 0 unspecified atom stereocenters. The zero-order chi connectivity index (χ0) is 12.1. The van der Waals surface area contributed by atoms with Crippen LogP contribution in [0.2, 0.25) is 0 Å². The Balaban J connectivity index is 1.92. The molecule has 0 saturated heterocycles. The summed E-state index contributed by atoms with van der Waals surface area (Å²) in [6.45, 7) is 3.16. The summed E-state index contributed by atoms with van der Waals surface area (Å²) >= 11 is 0. The van der Waals surface area contributed by atoms with Crippen LogP contribution in [0.15, 0.2) is 36.7 Å². The van der Waals surface area contributed by atoms with Crippen LogP contribution in [0.4, 0.5) is 0 Å². The molecule has 88 valence electrons. The number of aryl methyl sites for hydroxylation is 1. The second kappa shape index (κ2) is 5.41. The van der Waals surface area contributed by atoms with Crippen molar-refractivity contribution in [3.63, 3.8) is 0 Å². The van der Waals surface area contributed by atoms with Crippen molar-refractivity contribution in [1.82, 2.24) is 15.3 Å². The Morgan fingerprint density at radius 2 is 2.12 bits per heavy atom. The van der Waals surface area contributed by atoms with E-state index in [0.29, 0.717) is 18.8 Å². The molecule has 0 aliphatic heterocycles. The van der Waals surface area contributed by atoms with Crippen LogP contribution in [0.25, 0.3) is 0 Å². The molecule has 4 nitrogen and oxygen atoms in total. The Labute approximate surface area is 100 Å². The largest absolute Gasteiger partial charge is 0.506 e. The standard InChI is InChI=1S/C13H15N3O/c1-10-4-5-13(17)12(16-10)9-15-8-11-3-2-6-14-7-11/h2-7,15,17H,8-9H2,1H3. The fraction of sp³-hybridized carbons (Fsp3) is 0.231. The van der Waals surface area contributed by atoms with E-state index in [4.69, 9.17) is 0 Å². The average Bonchev–Trinajstić information content (AvgIpc) is 2.35. The summed E-state index contributed by atoms with van der Waals surface area (Å²) < 4.78 is 0. The van der Waals surface area contributed by atoms with Gasteiger partial charge in [0.05, 0.1) is 5.69 Å². The Kier molecular flexibility index (Phi) is 3.67. The molecule has 2 N–H and O–H groups in total. The highest BCUT2D eigenvalue weighted by atomic mass is 16.3. The molecule has 17 heavy (non-hydrogen) atoms. The first-order valence-electron chi connectivity index (χ1n) is 5.51. The third kappa shape index (κ3) is 3.26. The number of hydrogen-bond acceptors (Lipinski definition) is 4. The Morgan fingerprint density at radius 1 is 1.24 bits per heavy atom. The molecule has 2 heterocycles. The summed E-state index contributed by atoms with van der Waals surface area (Å²) in [6.07, 6.45) is 3.56. The van der Waals surface area contributed by atoms with E-state index in [1.807, 2.05) is 25.3 Å². The van der Waals surface area contributed by atoms with Gasteiger partial charge < -0.3 is 10.4 Å². The van der Waals surface area contributed by atoms with Gasteiger partial charge in [0.2, 0.25) is 0 Å². The highest BCUT2D eigenvalue weighted by Crippen LogP contribution is 2.14. The minimum Gasteiger partial charge on any atom is -0.506 e. The van der Waals surface area contributed by atoms with Gasteiger partial charge in [0.1, 0.15) is 5.75 Å². The average molecular weight is 229 g/mol. The summed E-state index contributed by atoms with van der Waals surface area (Å²) in [5.41, 5.74) is 2.69. The van der Waals surface area contributed by atoms with Crippen molar-refractivity contribution in [1.29, 1.82) is 0 Å². The minimum atomic E-state index is 0.231. The number of pyridine rings is 2. The first-order chi connectivity index (χ1) is 8.25. The third-order valence-corrected chi connectivity index (χ3v) is 2.43. The summed E-state index contributed by atoms with van der Waals surface area (Å²) in [7, 11) is 0. The van der Waals surface area contributed by atoms with Crippen molar-refractivity contribution in [3.8, 4) is 5.75 Å². The molecule has 0 radical (unpaired) electrons. The molecule has 2 aromatic rings. The van der Waals surface area contributed by atoms with E-state index in [-0.39, 0.29) is 5.75 Å². The molecule has 0 aliphatic carbocycles. The van der Waals surface area contributed by atoms with Crippen LogP contribution in [0.5, 0.6) is 5.75 Å². The molecule has 0 saturated carbocycles. The monoisotopic (exact) mass is 229 g/mol. The molecule has 0 aliphatic rings. The summed E-state index contributed by atoms with van der Waals surface area (Å²) in [4.78, 5) is 8.31. The van der Waals surface area contributed by atoms with Crippen LogP contribution < -0.4 is 5.32 Å². The lowest BCUT2D eigenvalue weighted by atomic mass is 10.2. The molecule has 0 spiro atoms. The fourth-order valence-electron chi connectivity index (χ4n) is 1.56. The van der Waals surface area contributed by atoms with E-state index in [2.05, 4.69) is 15.3 Å². The Hall–Kier alpha value is -1.94. The normalized spacial score (nSPS) is 10.4. The SMILES string of the molecule is Cc1ccc(O)c(CNCc2cccnc2)n1. The van der Waals surface area contributed by atoms with Gasteiger partial charge in [0.15, 0.2) is 0 Å². The fourth-order valence-corrected chi connectivity index (χ4v) is 1.56. The molecule has 2 aromatic heterocycles. The molecular weight excluding hydrogens is 214 g/mol. The second-order valence-electron chi connectivity index (χ2n) is 3.88. The predicted octanol–water partition coefficient (Wildman–Crippen LogP) is 1.78. The van der Waals surface area contributed by atoms with Crippen LogP contribution in [-0.4, -0.2) is 15.1 Å². The molecule has 0 aromatic carbocycles. The summed E-state index contributed by atoms with van der Waals surface area (Å²) in [5, 5.41) is 12.8. The van der Waals surface area contributed by atoms with E-state index >= 15 is 0 Å². The van der Waals surface area contributed by atoms with E-state index in [0.717, 1.165) is 11.3 Å². The maximum atomic E-state index is 9.62. The maximum absolute atomic E-state index is 9.62. The molecular formula is C13H15N3O. The second-order valence-corrected chi connectivity index (χ2v) is 3.88. The topological polar surface area (TPSA) is 58.0 Å². The first-order valence-corrected chi connectivity index (χ1v) is 5.51.